The Kier molecular flexibility index (Phi) is 7.59. The highest BCUT2D eigenvalue weighted by molar-refractivity contribution is 7.80. The first-order chi connectivity index (χ1) is 18.7. The molecule has 0 bridgehead atoms. The molecule has 1 aliphatic heterocycles. The highest BCUT2D eigenvalue weighted by Crippen LogP contribution is 2.43. The molecule has 0 spiro atoms. The van der Waals surface area contributed by atoms with E-state index in [1.165, 1.54) is 0 Å². The Bertz CT molecular complexity index is 1490. The summed E-state index contributed by atoms with van der Waals surface area (Å²) < 4.78 is 2.18. The first-order valence-corrected chi connectivity index (χ1v) is 13.6. The van der Waals surface area contributed by atoms with Crippen LogP contribution in [-0.4, -0.2) is 34.7 Å². The molecule has 3 heterocycles. The number of thiocarbonyl (C=S) groups is 1. The van der Waals surface area contributed by atoms with Gasteiger partial charge >= 0.3 is 0 Å². The van der Waals surface area contributed by atoms with Crippen molar-refractivity contribution in [3.8, 4) is 5.69 Å². The van der Waals surface area contributed by atoms with Crippen molar-refractivity contribution in [3.05, 3.63) is 102 Å². The van der Waals surface area contributed by atoms with Crippen molar-refractivity contribution in [2.24, 2.45) is 5.92 Å². The molecule has 4 aromatic rings. The standard InChI is InChI=1S/C30H31ClN6OS/c1-19(2)29(38)33-24-15-14-22(18-23(24)31)37-28(27(34-30(37)39)25-8-5-6-16-32-25)26-9-7-17-36(26)21-12-10-20(11-13-21)35(3)4/h5-19,27-28H,1-4H3,(H,33,38)(H,34,39). The average molecular weight is 559 g/mol. The van der Waals surface area contributed by atoms with Crippen molar-refractivity contribution in [1.82, 2.24) is 14.9 Å². The van der Waals surface area contributed by atoms with Crippen molar-refractivity contribution in [2.75, 3.05) is 29.2 Å². The minimum atomic E-state index is -0.219. The summed E-state index contributed by atoms with van der Waals surface area (Å²) in [5, 5.41) is 7.42. The normalized spacial score (nSPS) is 16.9. The number of pyridine rings is 1. The Morgan fingerprint density at radius 2 is 1.79 bits per heavy atom. The van der Waals surface area contributed by atoms with Crippen LogP contribution in [0.4, 0.5) is 17.1 Å². The number of nitrogens with zero attached hydrogens (tertiary/aromatic N) is 4. The van der Waals surface area contributed by atoms with Gasteiger partial charge in [0.1, 0.15) is 6.04 Å². The quantitative estimate of drug-likeness (QED) is 0.257. The van der Waals surface area contributed by atoms with E-state index in [1.807, 2.05) is 70.4 Å². The van der Waals surface area contributed by atoms with Crippen LogP contribution >= 0.6 is 23.8 Å². The molecule has 0 aliphatic carbocycles. The number of carbonyl (C=O) groups is 1. The molecule has 2 N–H and O–H groups in total. The van der Waals surface area contributed by atoms with Crippen molar-refractivity contribution >= 4 is 51.9 Å². The third-order valence-corrected chi connectivity index (χ3v) is 7.47. The van der Waals surface area contributed by atoms with Gasteiger partial charge in [-0.1, -0.05) is 31.5 Å². The summed E-state index contributed by atoms with van der Waals surface area (Å²) in [6.07, 6.45) is 3.86. The number of hydrogen-bond donors (Lipinski definition) is 2. The van der Waals surface area contributed by atoms with E-state index >= 15 is 0 Å². The molecule has 9 heteroatoms. The van der Waals surface area contributed by atoms with E-state index in [2.05, 4.69) is 66.5 Å². The van der Waals surface area contributed by atoms with E-state index in [1.54, 1.807) is 6.20 Å². The molecule has 2 atom stereocenters. The molecular weight excluding hydrogens is 528 g/mol. The average Bonchev–Trinajstić information content (AvgIpc) is 3.54. The number of amides is 1. The predicted octanol–water partition coefficient (Wildman–Crippen LogP) is 6.36. The highest BCUT2D eigenvalue weighted by Gasteiger charge is 2.42. The Morgan fingerprint density at radius 3 is 2.44 bits per heavy atom. The Hall–Kier alpha value is -3.88. The zero-order chi connectivity index (χ0) is 27.7. The zero-order valence-electron chi connectivity index (χ0n) is 22.3. The first kappa shape index (κ1) is 26.7. The maximum Gasteiger partial charge on any atom is 0.226 e. The maximum absolute atomic E-state index is 12.3. The SMILES string of the molecule is CC(C)C(=O)Nc1ccc(N2C(=S)NC(c3ccccn3)C2c2cccn2-c2ccc(N(C)C)cc2)cc1Cl. The van der Waals surface area contributed by atoms with E-state index in [-0.39, 0.29) is 23.9 Å². The third-order valence-electron chi connectivity index (χ3n) is 6.84. The smallest absolute Gasteiger partial charge is 0.226 e. The molecule has 1 saturated heterocycles. The largest absolute Gasteiger partial charge is 0.378 e. The van der Waals surface area contributed by atoms with Crippen LogP contribution in [0.1, 0.15) is 37.3 Å². The van der Waals surface area contributed by atoms with Crippen LogP contribution in [0.25, 0.3) is 5.69 Å². The molecule has 2 aromatic heterocycles. The maximum atomic E-state index is 12.3. The molecule has 0 saturated carbocycles. The molecular formula is C30H31ClN6OS. The monoisotopic (exact) mass is 558 g/mol. The minimum absolute atomic E-state index is 0.0887. The molecule has 1 fully saturated rings. The first-order valence-electron chi connectivity index (χ1n) is 12.8. The van der Waals surface area contributed by atoms with Crippen LogP contribution in [0.3, 0.4) is 0 Å². The van der Waals surface area contributed by atoms with Gasteiger partial charge in [-0.15, -0.1) is 0 Å². The summed E-state index contributed by atoms with van der Waals surface area (Å²) >= 11 is 12.6. The Balaban J connectivity index is 1.58. The molecule has 5 rings (SSSR count). The van der Waals surface area contributed by atoms with Crippen LogP contribution in [0, 0.1) is 5.92 Å². The van der Waals surface area contributed by atoms with Gasteiger partial charge in [-0.05, 0) is 78.9 Å². The lowest BCUT2D eigenvalue weighted by Crippen LogP contribution is -2.30. The van der Waals surface area contributed by atoms with Crippen LogP contribution in [0.2, 0.25) is 5.02 Å². The molecule has 7 nitrogen and oxygen atoms in total. The van der Waals surface area contributed by atoms with Gasteiger partial charge in [0.2, 0.25) is 5.91 Å². The fourth-order valence-corrected chi connectivity index (χ4v) is 5.32. The van der Waals surface area contributed by atoms with Gasteiger partial charge in [-0.2, -0.15) is 0 Å². The van der Waals surface area contributed by atoms with E-state index in [0.717, 1.165) is 28.5 Å². The lowest BCUT2D eigenvalue weighted by atomic mass is 10.0. The van der Waals surface area contributed by atoms with Gasteiger partial charge in [0.15, 0.2) is 5.11 Å². The number of halogens is 1. The van der Waals surface area contributed by atoms with Crippen LogP contribution in [-0.2, 0) is 4.79 Å². The summed E-state index contributed by atoms with van der Waals surface area (Å²) in [6.45, 7) is 3.69. The fourth-order valence-electron chi connectivity index (χ4n) is 4.75. The molecule has 1 amide bonds. The molecule has 0 radical (unpaired) electrons. The van der Waals surface area contributed by atoms with Crippen LogP contribution in [0.5, 0.6) is 0 Å². The summed E-state index contributed by atoms with van der Waals surface area (Å²) in [5.41, 5.74) is 5.49. The zero-order valence-corrected chi connectivity index (χ0v) is 23.9. The molecule has 39 heavy (non-hydrogen) atoms. The number of benzene rings is 2. The van der Waals surface area contributed by atoms with Gasteiger partial charge in [0.05, 0.1) is 22.4 Å². The van der Waals surface area contributed by atoms with Crippen LogP contribution < -0.4 is 20.4 Å². The van der Waals surface area contributed by atoms with Gasteiger partial charge < -0.3 is 25.0 Å². The Morgan fingerprint density at radius 1 is 1.05 bits per heavy atom. The number of carbonyl (C=O) groups excluding carboxylic acids is 1. The Labute approximate surface area is 239 Å². The second kappa shape index (κ2) is 11.1. The lowest BCUT2D eigenvalue weighted by Gasteiger charge is -2.29. The van der Waals surface area contributed by atoms with E-state index in [9.17, 15) is 4.79 Å². The van der Waals surface area contributed by atoms with Crippen molar-refractivity contribution in [3.63, 3.8) is 0 Å². The van der Waals surface area contributed by atoms with Crippen molar-refractivity contribution in [2.45, 2.75) is 25.9 Å². The third kappa shape index (κ3) is 5.35. The minimum Gasteiger partial charge on any atom is -0.378 e. The summed E-state index contributed by atoms with van der Waals surface area (Å²) in [4.78, 5) is 21.1. The van der Waals surface area contributed by atoms with E-state index in [0.29, 0.717) is 15.8 Å². The molecule has 2 unspecified atom stereocenters. The molecule has 2 aromatic carbocycles. The van der Waals surface area contributed by atoms with Gasteiger partial charge in [-0.3, -0.25) is 9.78 Å². The fraction of sp³-hybridized carbons (Fsp3) is 0.233. The van der Waals surface area contributed by atoms with Gasteiger partial charge in [0.25, 0.3) is 0 Å². The van der Waals surface area contributed by atoms with E-state index < -0.39 is 0 Å². The second-order valence-electron chi connectivity index (χ2n) is 10.0. The topological polar surface area (TPSA) is 65.4 Å². The second-order valence-corrected chi connectivity index (χ2v) is 10.8. The number of anilines is 3. The summed E-state index contributed by atoms with van der Waals surface area (Å²) in [5.74, 6) is -0.242. The van der Waals surface area contributed by atoms with Crippen molar-refractivity contribution < 1.29 is 4.79 Å². The molecule has 1 aliphatic rings. The van der Waals surface area contributed by atoms with Gasteiger partial charge in [0, 0.05) is 55.2 Å². The van der Waals surface area contributed by atoms with Crippen LogP contribution in [0.15, 0.2) is 85.2 Å². The van der Waals surface area contributed by atoms with Crippen molar-refractivity contribution in [1.29, 1.82) is 0 Å². The van der Waals surface area contributed by atoms with E-state index in [4.69, 9.17) is 23.8 Å². The number of aromatic nitrogens is 2. The highest BCUT2D eigenvalue weighted by atomic mass is 35.5. The number of hydrogen-bond acceptors (Lipinski definition) is 4. The predicted molar refractivity (Wildman–Crippen MR) is 163 cm³/mol. The number of rotatable bonds is 7. The lowest BCUT2D eigenvalue weighted by molar-refractivity contribution is -0.118. The summed E-state index contributed by atoms with van der Waals surface area (Å²) in [6, 6.07) is 23.7. The van der Waals surface area contributed by atoms with Gasteiger partial charge in [-0.25, -0.2) is 0 Å². The summed E-state index contributed by atoms with van der Waals surface area (Å²) in [7, 11) is 4.06. The number of nitrogens with one attached hydrogen (secondary N) is 2. The molecule has 200 valence electrons.